The number of piperazine rings is 1. The quantitative estimate of drug-likeness (QED) is 0.0928. The summed E-state index contributed by atoms with van der Waals surface area (Å²) in [7, 11) is 0. The first-order valence-electron chi connectivity index (χ1n) is 22.6. The number of carbonyl (C=O) groups excluding carboxylic acids is 3. The van der Waals surface area contributed by atoms with E-state index in [-0.39, 0.29) is 35.2 Å². The van der Waals surface area contributed by atoms with Crippen LogP contribution < -0.4 is 25.8 Å². The summed E-state index contributed by atoms with van der Waals surface area (Å²) in [6, 6.07) is 21.5. The van der Waals surface area contributed by atoms with Crippen molar-refractivity contribution in [2.45, 2.75) is 77.8 Å². The molecule has 9 rings (SSSR count). The van der Waals surface area contributed by atoms with Crippen molar-refractivity contribution in [3.05, 3.63) is 102 Å². The second-order valence-electron chi connectivity index (χ2n) is 18.6. The molecule has 0 aliphatic carbocycles. The fraction of sp³-hybridized carbons (Fsp3) is 0.408. The number of H-pyrrole nitrogens is 1. The van der Waals surface area contributed by atoms with Crippen molar-refractivity contribution >= 4 is 45.8 Å². The zero-order valence-corrected chi connectivity index (χ0v) is 37.4. The van der Waals surface area contributed by atoms with Crippen molar-refractivity contribution in [1.82, 2.24) is 40.9 Å². The van der Waals surface area contributed by atoms with Gasteiger partial charge in [0.25, 0.3) is 11.7 Å². The van der Waals surface area contributed by atoms with Crippen molar-refractivity contribution < 1.29 is 23.3 Å². The van der Waals surface area contributed by atoms with Crippen LogP contribution in [0.5, 0.6) is 0 Å². The molecule has 16 heteroatoms. The molecular weight excluding hydrogens is 826 g/mol. The van der Waals surface area contributed by atoms with Crippen molar-refractivity contribution in [2.24, 2.45) is 5.92 Å². The van der Waals surface area contributed by atoms with Crippen molar-refractivity contribution in [1.29, 1.82) is 0 Å². The Hall–Kier alpha value is -6.68. The zero-order valence-electron chi connectivity index (χ0n) is 37.4. The summed E-state index contributed by atoms with van der Waals surface area (Å²) < 4.78 is 20.4. The monoisotopic (exact) mass is 881 g/mol. The minimum absolute atomic E-state index is 0.0213. The van der Waals surface area contributed by atoms with E-state index in [1.807, 2.05) is 52.1 Å². The molecule has 3 aromatic heterocycles. The van der Waals surface area contributed by atoms with E-state index in [2.05, 4.69) is 87.4 Å². The van der Waals surface area contributed by atoms with Crippen LogP contribution >= 0.6 is 0 Å². The van der Waals surface area contributed by atoms with Gasteiger partial charge in [-0.05, 0) is 104 Å². The number of rotatable bonds is 12. The second kappa shape index (κ2) is 18.4. The van der Waals surface area contributed by atoms with E-state index in [1.165, 1.54) is 5.69 Å². The van der Waals surface area contributed by atoms with Gasteiger partial charge in [-0.25, -0.2) is 9.37 Å². The van der Waals surface area contributed by atoms with Gasteiger partial charge in [0.2, 0.25) is 17.7 Å². The number of hydrogen-bond donors (Lipinski definition) is 4. The lowest BCUT2D eigenvalue weighted by atomic mass is 9.93. The number of nitrogens with one attached hydrogen (secondary N) is 4. The summed E-state index contributed by atoms with van der Waals surface area (Å²) in [6.45, 7) is 15.1. The Balaban J connectivity index is 0.735. The summed E-state index contributed by atoms with van der Waals surface area (Å²) in [5, 5.41) is 20.7. The van der Waals surface area contributed by atoms with Gasteiger partial charge < -0.3 is 25.0 Å². The highest BCUT2D eigenvalue weighted by Gasteiger charge is 2.28. The van der Waals surface area contributed by atoms with Crippen LogP contribution in [0.15, 0.2) is 77.4 Å². The Morgan fingerprint density at radius 2 is 1.62 bits per heavy atom. The summed E-state index contributed by atoms with van der Waals surface area (Å²) in [4.78, 5) is 52.6. The van der Waals surface area contributed by atoms with E-state index in [9.17, 15) is 14.4 Å². The maximum atomic E-state index is 15.1. The SMILES string of the molecule is Cc1cc(-c2n[nH]c3ncc(-c4ccc(N5CCN(CCC6CCN(c7ccc(NC8CCC(=O)NC8=O)c(F)c7)CC6)CC5)cc4)cc23)ccc1CNC(=O)c1noc(C(C)(C)C)n1. The third-order valence-corrected chi connectivity index (χ3v) is 13.0. The van der Waals surface area contributed by atoms with Gasteiger partial charge in [-0.2, -0.15) is 10.1 Å². The predicted octanol–water partition coefficient (Wildman–Crippen LogP) is 7.00. The number of fused-ring (bicyclic) bond motifs is 1. The maximum absolute atomic E-state index is 15.1. The van der Waals surface area contributed by atoms with Gasteiger partial charge >= 0.3 is 0 Å². The smallest absolute Gasteiger partial charge is 0.292 e. The number of aryl methyl sites for hydroxylation is 1. The summed E-state index contributed by atoms with van der Waals surface area (Å²) >= 11 is 0. The van der Waals surface area contributed by atoms with Crippen molar-refractivity contribution in [3.8, 4) is 22.4 Å². The van der Waals surface area contributed by atoms with Crippen molar-refractivity contribution in [3.63, 3.8) is 0 Å². The van der Waals surface area contributed by atoms with E-state index in [1.54, 1.807) is 12.1 Å². The third kappa shape index (κ3) is 9.87. The first kappa shape index (κ1) is 43.6. The molecular formula is C49H56FN11O4. The van der Waals surface area contributed by atoms with E-state index in [4.69, 9.17) is 9.51 Å². The normalized spacial score (nSPS) is 17.7. The number of piperidine rings is 2. The number of imide groups is 1. The zero-order chi connectivity index (χ0) is 45.2. The van der Waals surface area contributed by atoms with Crippen LogP contribution in [-0.4, -0.2) is 99.8 Å². The molecule has 338 valence electrons. The predicted molar refractivity (Wildman–Crippen MR) is 248 cm³/mol. The standard InChI is InChI=1S/C49H56FN11O4/c1-30-25-33(5-6-34(30)28-52-47(64)45-55-48(65-58-45)49(2,3)4)43-38-26-35(29-51-44(38)57-56-43)32-7-9-36(10-8-32)61-23-21-59(22-24-61)18-15-31-16-19-60(20-17-31)37-11-12-40(39(50)27-37)53-41-13-14-42(62)54-46(41)63/h5-12,25-27,29,31,41,53H,13-24,28H2,1-4H3,(H,52,64)(H,51,56,57)(H,54,62,63). The Morgan fingerprint density at radius 1 is 0.877 bits per heavy atom. The largest absolute Gasteiger partial charge is 0.371 e. The minimum atomic E-state index is -0.615. The lowest BCUT2D eigenvalue weighted by molar-refractivity contribution is -0.133. The van der Waals surface area contributed by atoms with Gasteiger partial charge in [-0.15, -0.1) is 0 Å². The first-order valence-corrected chi connectivity index (χ1v) is 22.6. The van der Waals surface area contributed by atoms with E-state index in [0.29, 0.717) is 30.4 Å². The lowest BCUT2D eigenvalue weighted by Gasteiger charge is -2.38. The van der Waals surface area contributed by atoms with Crippen LogP contribution in [0, 0.1) is 18.7 Å². The topological polar surface area (TPSA) is 178 Å². The van der Waals surface area contributed by atoms with Crippen LogP contribution in [0.25, 0.3) is 33.4 Å². The van der Waals surface area contributed by atoms with Crippen molar-refractivity contribution in [2.75, 3.05) is 60.9 Å². The Kier molecular flexibility index (Phi) is 12.4. The number of amides is 3. The highest BCUT2D eigenvalue weighted by Crippen LogP contribution is 2.33. The molecule has 4 N–H and O–H groups in total. The van der Waals surface area contributed by atoms with Gasteiger partial charge in [0.1, 0.15) is 17.6 Å². The molecule has 0 saturated carbocycles. The molecule has 1 atom stereocenters. The first-order chi connectivity index (χ1) is 31.3. The number of anilines is 3. The molecule has 6 heterocycles. The molecule has 3 amide bonds. The maximum Gasteiger partial charge on any atom is 0.292 e. The van der Waals surface area contributed by atoms with E-state index >= 15 is 4.39 Å². The molecule has 0 radical (unpaired) electrons. The summed E-state index contributed by atoms with van der Waals surface area (Å²) in [5.74, 6) is -0.396. The van der Waals surface area contributed by atoms with Gasteiger partial charge in [-0.1, -0.05) is 50.2 Å². The van der Waals surface area contributed by atoms with Gasteiger partial charge in [0, 0.05) is 91.7 Å². The van der Waals surface area contributed by atoms with Gasteiger partial charge in [0.15, 0.2) is 5.65 Å². The number of benzene rings is 3. The molecule has 1 unspecified atom stereocenters. The molecule has 0 bridgehead atoms. The second-order valence-corrected chi connectivity index (χ2v) is 18.6. The van der Waals surface area contributed by atoms with Crippen LogP contribution in [0.1, 0.15) is 80.5 Å². The fourth-order valence-electron chi connectivity index (χ4n) is 8.97. The molecule has 3 aromatic carbocycles. The van der Waals surface area contributed by atoms with E-state index < -0.39 is 17.8 Å². The van der Waals surface area contributed by atoms with Crippen LogP contribution in [0.3, 0.4) is 0 Å². The molecule has 3 aliphatic heterocycles. The average molecular weight is 882 g/mol. The van der Waals surface area contributed by atoms with Crippen LogP contribution in [0.4, 0.5) is 21.5 Å². The molecule has 3 fully saturated rings. The van der Waals surface area contributed by atoms with Gasteiger partial charge in [0.05, 0.1) is 5.69 Å². The Labute approximate surface area is 377 Å². The van der Waals surface area contributed by atoms with Crippen LogP contribution in [0.2, 0.25) is 0 Å². The molecule has 65 heavy (non-hydrogen) atoms. The summed E-state index contributed by atoms with van der Waals surface area (Å²) in [6.07, 6.45) is 5.80. The minimum Gasteiger partial charge on any atom is -0.371 e. The number of pyridine rings is 1. The average Bonchev–Trinajstić information content (AvgIpc) is 3.99. The fourth-order valence-corrected chi connectivity index (χ4v) is 8.97. The molecule has 3 aliphatic rings. The number of hydrogen-bond acceptors (Lipinski definition) is 12. The number of nitrogens with zero attached hydrogens (tertiary/aromatic N) is 7. The highest BCUT2D eigenvalue weighted by molar-refractivity contribution is 6.01. The summed E-state index contributed by atoms with van der Waals surface area (Å²) in [5.41, 5.74) is 8.59. The molecule has 3 saturated heterocycles. The Morgan fingerprint density at radius 3 is 2.32 bits per heavy atom. The Bertz CT molecular complexity index is 2690. The number of aromatic nitrogens is 5. The van der Waals surface area contributed by atoms with Crippen LogP contribution in [-0.2, 0) is 21.5 Å². The molecule has 6 aromatic rings. The van der Waals surface area contributed by atoms with E-state index in [0.717, 1.165) is 110 Å². The highest BCUT2D eigenvalue weighted by atomic mass is 19.1. The number of aromatic amines is 1. The molecule has 15 nitrogen and oxygen atoms in total. The molecule has 0 spiro atoms. The number of halogens is 1. The van der Waals surface area contributed by atoms with Gasteiger partial charge in [-0.3, -0.25) is 29.7 Å². The lowest BCUT2D eigenvalue weighted by Crippen LogP contribution is -2.47. The third-order valence-electron chi connectivity index (χ3n) is 13.0. The number of carbonyl (C=O) groups is 3.